The molecule has 10 heteroatoms. The zero-order chi connectivity index (χ0) is 40.5. The van der Waals surface area contributed by atoms with E-state index < -0.39 is 14.4 Å². The van der Waals surface area contributed by atoms with Gasteiger partial charge in [0, 0.05) is 41.4 Å². The van der Waals surface area contributed by atoms with Gasteiger partial charge in [0.15, 0.2) is 0 Å². The molecule has 7 rings (SSSR count). The van der Waals surface area contributed by atoms with E-state index in [1.165, 1.54) is 27.3 Å². The number of carbonyl (C=O) groups excluding carboxylic acids is 1. The van der Waals surface area contributed by atoms with Gasteiger partial charge in [-0.25, -0.2) is 0 Å². The van der Waals surface area contributed by atoms with Crippen molar-refractivity contribution >= 4 is 51.7 Å². The van der Waals surface area contributed by atoms with Crippen LogP contribution in [0.1, 0.15) is 48.8 Å². The highest BCUT2D eigenvalue weighted by molar-refractivity contribution is 7.21. The molecule has 0 radical (unpaired) electrons. The van der Waals surface area contributed by atoms with Crippen molar-refractivity contribution in [2.45, 2.75) is 57.2 Å². The normalized spacial score (nSPS) is 14.3. The number of methoxy groups -OCH3 is 1. The standard InChI is InChI=1S/C48H55N3O5SSi/c1-48(2,3)58(41-13-7-5-8-14-41,42-15-9-6-10-16-42)56-40-25-23-39(24-26-40)55-34-38(52)33-49-30-27-35-19-21-36(22-20-35)50-37-28-31-51(32-29-37)47(53)46-45(54-4)43-17-11-12-18-44(43)57-46/h5-26,37-38,49-50,52H,27-34H2,1-4H3. The average molecular weight is 814 g/mol. The predicted octanol–water partition coefficient (Wildman–Crippen LogP) is 8.14. The molecule has 1 aromatic heterocycles. The fourth-order valence-electron chi connectivity index (χ4n) is 7.92. The molecule has 1 aliphatic heterocycles. The lowest BCUT2D eigenvalue weighted by Crippen LogP contribution is -2.68. The Balaban J connectivity index is 0.827. The molecule has 6 aromatic rings. The van der Waals surface area contributed by atoms with E-state index in [4.69, 9.17) is 13.9 Å². The number of ether oxygens (including phenoxy) is 2. The maximum Gasteiger partial charge on any atom is 0.319 e. The van der Waals surface area contributed by atoms with Crippen LogP contribution >= 0.6 is 11.3 Å². The second kappa shape index (κ2) is 18.6. The van der Waals surface area contributed by atoms with E-state index in [9.17, 15) is 9.90 Å². The van der Waals surface area contributed by atoms with Crippen molar-refractivity contribution in [3.05, 3.63) is 144 Å². The van der Waals surface area contributed by atoms with Gasteiger partial charge in [-0.1, -0.05) is 106 Å². The minimum Gasteiger partial charge on any atom is -0.534 e. The van der Waals surface area contributed by atoms with E-state index in [-0.39, 0.29) is 17.6 Å². The average Bonchev–Trinajstić information content (AvgIpc) is 3.63. The molecule has 0 bridgehead atoms. The number of hydrogen-bond donors (Lipinski definition) is 3. The smallest absolute Gasteiger partial charge is 0.319 e. The summed E-state index contributed by atoms with van der Waals surface area (Å²) in [6, 6.07) is 45.9. The molecule has 2 heterocycles. The monoisotopic (exact) mass is 813 g/mol. The van der Waals surface area contributed by atoms with Crippen molar-refractivity contribution in [1.82, 2.24) is 10.2 Å². The summed E-state index contributed by atoms with van der Waals surface area (Å²) in [5.41, 5.74) is 2.31. The van der Waals surface area contributed by atoms with Crippen LogP contribution in [0.2, 0.25) is 5.04 Å². The highest BCUT2D eigenvalue weighted by Gasteiger charge is 2.52. The number of likely N-dealkylation sites (tertiary alicyclic amines) is 1. The van der Waals surface area contributed by atoms with Gasteiger partial charge in [-0.3, -0.25) is 4.79 Å². The van der Waals surface area contributed by atoms with Crippen molar-refractivity contribution < 1.29 is 23.8 Å². The molecule has 1 saturated heterocycles. The Bertz CT molecular complexity index is 2180. The molecular weight excluding hydrogens is 759 g/mol. The number of rotatable bonds is 16. The van der Waals surface area contributed by atoms with Crippen LogP contribution in [0.4, 0.5) is 5.69 Å². The van der Waals surface area contributed by atoms with Crippen LogP contribution in [0.3, 0.4) is 0 Å². The van der Waals surface area contributed by atoms with Gasteiger partial charge < -0.3 is 34.5 Å². The highest BCUT2D eigenvalue weighted by Crippen LogP contribution is 2.39. The fourth-order valence-corrected chi connectivity index (χ4v) is 13.5. The Kier molecular flexibility index (Phi) is 13.2. The SMILES string of the molecule is COc1c(C(=O)N2CCC(Nc3ccc(CCNCC(O)COc4ccc(O[Si](c5ccccc5)(c5ccccc5)C(C)(C)C)cc4)cc3)CC2)sc2ccccc12. The van der Waals surface area contributed by atoms with Gasteiger partial charge in [0.05, 0.1) is 7.11 Å². The Labute approximate surface area is 347 Å². The maximum atomic E-state index is 13.4. The first kappa shape index (κ1) is 41.0. The van der Waals surface area contributed by atoms with Crippen molar-refractivity contribution in [2.24, 2.45) is 0 Å². The molecule has 0 saturated carbocycles. The van der Waals surface area contributed by atoms with Crippen LogP contribution in [-0.2, 0) is 6.42 Å². The minimum absolute atomic E-state index is 0.0537. The van der Waals surface area contributed by atoms with E-state index in [1.807, 2.05) is 65.6 Å². The molecule has 302 valence electrons. The minimum atomic E-state index is -2.73. The number of nitrogens with zero attached hydrogens (tertiary/aromatic N) is 1. The van der Waals surface area contributed by atoms with Crippen LogP contribution in [-0.4, -0.2) is 76.3 Å². The first-order valence-corrected chi connectivity index (χ1v) is 23.0. The van der Waals surface area contributed by atoms with E-state index in [1.54, 1.807) is 7.11 Å². The number of piperidine rings is 1. The molecule has 1 unspecified atom stereocenters. The number of aliphatic hydroxyl groups excluding tert-OH is 1. The fraction of sp³-hybridized carbons (Fsp3) is 0.312. The first-order chi connectivity index (χ1) is 28.1. The third-order valence-corrected chi connectivity index (χ3v) is 17.1. The summed E-state index contributed by atoms with van der Waals surface area (Å²) in [5, 5.41) is 21.0. The van der Waals surface area contributed by atoms with Crippen LogP contribution < -0.4 is 34.9 Å². The molecule has 1 atom stereocenters. The highest BCUT2D eigenvalue weighted by atomic mass is 32.1. The Hall–Kier alpha value is -5.13. The molecule has 8 nitrogen and oxygen atoms in total. The number of anilines is 1. The second-order valence-corrected chi connectivity index (χ2v) is 21.3. The van der Waals surface area contributed by atoms with Crippen molar-refractivity contribution in [1.29, 1.82) is 0 Å². The van der Waals surface area contributed by atoms with Gasteiger partial charge >= 0.3 is 8.32 Å². The lowest BCUT2D eigenvalue weighted by molar-refractivity contribution is 0.0720. The molecule has 58 heavy (non-hydrogen) atoms. The Morgan fingerprint density at radius 2 is 1.43 bits per heavy atom. The summed E-state index contributed by atoms with van der Waals surface area (Å²) in [4.78, 5) is 16.1. The zero-order valence-corrected chi connectivity index (χ0v) is 35.8. The third kappa shape index (κ3) is 9.42. The van der Waals surface area contributed by atoms with Crippen LogP contribution in [0.25, 0.3) is 10.1 Å². The van der Waals surface area contributed by atoms with Crippen LogP contribution in [0.15, 0.2) is 133 Å². The number of carbonyl (C=O) groups is 1. The summed E-state index contributed by atoms with van der Waals surface area (Å²) in [6.07, 6.45) is 1.98. The molecule has 0 aliphatic carbocycles. The van der Waals surface area contributed by atoms with Crippen molar-refractivity contribution in [3.63, 3.8) is 0 Å². The topological polar surface area (TPSA) is 92.3 Å². The van der Waals surface area contributed by atoms with E-state index in [0.29, 0.717) is 42.1 Å². The first-order valence-electron chi connectivity index (χ1n) is 20.3. The van der Waals surface area contributed by atoms with E-state index in [2.05, 4.69) is 104 Å². The number of aliphatic hydroxyl groups is 1. The lowest BCUT2D eigenvalue weighted by atomic mass is 10.0. The number of thiophene rings is 1. The number of amides is 1. The Morgan fingerprint density at radius 3 is 2.05 bits per heavy atom. The molecule has 5 aromatic carbocycles. The van der Waals surface area contributed by atoms with Crippen molar-refractivity contribution in [2.75, 3.05) is 45.2 Å². The zero-order valence-electron chi connectivity index (χ0n) is 33.9. The summed E-state index contributed by atoms with van der Waals surface area (Å²) in [7, 11) is -1.09. The lowest BCUT2D eigenvalue weighted by Gasteiger charge is -2.43. The van der Waals surface area contributed by atoms with E-state index in [0.717, 1.165) is 47.3 Å². The molecule has 1 fully saturated rings. The van der Waals surface area contributed by atoms with Gasteiger partial charge in [-0.2, -0.15) is 0 Å². The number of hydrogen-bond acceptors (Lipinski definition) is 8. The number of nitrogens with one attached hydrogen (secondary N) is 2. The molecule has 1 aliphatic rings. The second-order valence-electron chi connectivity index (χ2n) is 16.0. The van der Waals surface area contributed by atoms with E-state index >= 15 is 0 Å². The van der Waals surface area contributed by atoms with Gasteiger partial charge in [-0.05, 0) is 95.3 Å². The van der Waals surface area contributed by atoms with Gasteiger partial charge in [-0.15, -0.1) is 11.3 Å². The Morgan fingerprint density at radius 1 is 0.828 bits per heavy atom. The maximum absolute atomic E-state index is 13.4. The summed E-state index contributed by atoms with van der Waals surface area (Å²) >= 11 is 1.51. The largest absolute Gasteiger partial charge is 0.534 e. The van der Waals surface area contributed by atoms with Gasteiger partial charge in [0.1, 0.15) is 34.8 Å². The summed E-state index contributed by atoms with van der Waals surface area (Å²) in [6.45, 7) is 9.59. The predicted molar refractivity (Wildman–Crippen MR) is 240 cm³/mol. The van der Waals surface area contributed by atoms with Crippen LogP contribution in [0.5, 0.6) is 17.2 Å². The summed E-state index contributed by atoms with van der Waals surface area (Å²) < 4.78 is 19.8. The number of fused-ring (bicyclic) bond motifs is 1. The molecule has 3 N–H and O–H groups in total. The van der Waals surface area contributed by atoms with Gasteiger partial charge in [0.2, 0.25) is 0 Å². The summed E-state index contributed by atoms with van der Waals surface area (Å²) in [5.74, 6) is 2.22. The number of benzene rings is 5. The third-order valence-electron chi connectivity index (χ3n) is 11.0. The molecule has 0 spiro atoms. The molecular formula is C48H55N3O5SSi. The molecule has 1 amide bonds. The van der Waals surface area contributed by atoms with Crippen LogP contribution in [0, 0.1) is 0 Å². The van der Waals surface area contributed by atoms with Gasteiger partial charge in [0.25, 0.3) is 5.91 Å². The quantitative estimate of drug-likeness (QED) is 0.0672. The van der Waals surface area contributed by atoms with Crippen molar-refractivity contribution in [3.8, 4) is 17.2 Å².